The predicted octanol–water partition coefficient (Wildman–Crippen LogP) is 3.61. The predicted molar refractivity (Wildman–Crippen MR) is 80.5 cm³/mol. The van der Waals surface area contributed by atoms with Crippen LogP contribution in [0.1, 0.15) is 11.1 Å². The fourth-order valence-corrected chi connectivity index (χ4v) is 3.54. The summed E-state index contributed by atoms with van der Waals surface area (Å²) >= 11 is 1.71. The van der Waals surface area contributed by atoms with E-state index in [4.69, 9.17) is 0 Å². The summed E-state index contributed by atoms with van der Waals surface area (Å²) in [5, 5.41) is 3.44. The molecule has 0 fully saturated rings. The van der Waals surface area contributed by atoms with E-state index in [-0.39, 0.29) is 0 Å². The minimum Gasteiger partial charge on any atom is -0.312 e. The fraction of sp³-hybridized carbons (Fsp3) is 0.188. The summed E-state index contributed by atoms with van der Waals surface area (Å²) < 4.78 is 1.27. The van der Waals surface area contributed by atoms with Gasteiger partial charge in [-0.05, 0) is 47.4 Å². The van der Waals surface area contributed by atoms with Crippen molar-refractivity contribution in [3.8, 4) is 11.1 Å². The average Bonchev–Trinajstić information content (AvgIpc) is 2.94. The van der Waals surface area contributed by atoms with Crippen LogP contribution in [0, 0.1) is 0 Å². The van der Waals surface area contributed by atoms with Gasteiger partial charge in [0.15, 0.2) is 0 Å². The van der Waals surface area contributed by atoms with Crippen LogP contribution in [0.2, 0.25) is 0 Å². The summed E-state index contributed by atoms with van der Waals surface area (Å²) in [7, 11) is 0. The van der Waals surface area contributed by atoms with E-state index >= 15 is 0 Å². The van der Waals surface area contributed by atoms with Gasteiger partial charge < -0.3 is 5.32 Å². The molecule has 0 aliphatic carbocycles. The Labute approximate surface area is 116 Å². The van der Waals surface area contributed by atoms with Crippen molar-refractivity contribution in [3.05, 3.63) is 53.0 Å². The van der Waals surface area contributed by atoms with Crippen LogP contribution < -0.4 is 5.32 Å². The number of nitrogens with one attached hydrogen (secondary N) is 1. The van der Waals surface area contributed by atoms with Crippen molar-refractivity contribution >= 4 is 21.6 Å². The lowest BCUT2D eigenvalue weighted by Gasteiger charge is -2.20. The van der Waals surface area contributed by atoms with Gasteiger partial charge in [-0.25, -0.2) is 4.98 Å². The Balaban J connectivity index is 1.91. The highest BCUT2D eigenvalue weighted by molar-refractivity contribution is 7.16. The zero-order valence-corrected chi connectivity index (χ0v) is 11.3. The van der Waals surface area contributed by atoms with Gasteiger partial charge in [-0.1, -0.05) is 24.3 Å². The normalized spacial score (nSPS) is 14.5. The Morgan fingerprint density at radius 2 is 2.16 bits per heavy atom. The lowest BCUT2D eigenvalue weighted by Crippen LogP contribution is -2.23. The van der Waals surface area contributed by atoms with Gasteiger partial charge in [0.05, 0.1) is 15.7 Å². The van der Waals surface area contributed by atoms with Crippen molar-refractivity contribution < 1.29 is 0 Å². The number of rotatable bonds is 1. The Bertz CT molecular complexity index is 745. The van der Waals surface area contributed by atoms with Crippen LogP contribution in [0.4, 0.5) is 0 Å². The van der Waals surface area contributed by atoms with Crippen LogP contribution in [-0.4, -0.2) is 11.5 Å². The molecule has 0 saturated heterocycles. The molecular formula is C16H14N2S. The van der Waals surface area contributed by atoms with E-state index < -0.39 is 0 Å². The molecule has 1 aliphatic heterocycles. The van der Waals surface area contributed by atoms with Crippen LogP contribution in [0.25, 0.3) is 21.3 Å². The van der Waals surface area contributed by atoms with Gasteiger partial charge in [-0.15, -0.1) is 11.3 Å². The van der Waals surface area contributed by atoms with Gasteiger partial charge in [0.1, 0.15) is 0 Å². The molecule has 1 aliphatic rings. The molecule has 2 nitrogen and oxygen atoms in total. The quantitative estimate of drug-likeness (QED) is 0.728. The molecule has 1 N–H and O–H groups in total. The number of benzene rings is 2. The first-order valence-corrected chi connectivity index (χ1v) is 7.45. The molecule has 4 rings (SSSR count). The maximum absolute atomic E-state index is 4.35. The zero-order valence-electron chi connectivity index (χ0n) is 10.5. The second-order valence-electron chi connectivity index (χ2n) is 4.90. The summed E-state index contributed by atoms with van der Waals surface area (Å²) in [6, 6.07) is 13.2. The molecule has 3 aromatic rings. The lowest BCUT2D eigenvalue weighted by atomic mass is 9.91. The molecule has 0 radical (unpaired) electrons. The van der Waals surface area contributed by atoms with Crippen molar-refractivity contribution in [2.45, 2.75) is 13.0 Å². The minimum absolute atomic E-state index is 0.992. The van der Waals surface area contributed by atoms with Crippen molar-refractivity contribution in [1.29, 1.82) is 0 Å². The fourth-order valence-electron chi connectivity index (χ4n) is 2.83. The molecule has 94 valence electrons. The molecule has 0 bridgehead atoms. The molecule has 19 heavy (non-hydrogen) atoms. The monoisotopic (exact) mass is 266 g/mol. The van der Waals surface area contributed by atoms with E-state index in [1.807, 2.05) is 5.51 Å². The van der Waals surface area contributed by atoms with Crippen molar-refractivity contribution in [3.63, 3.8) is 0 Å². The van der Waals surface area contributed by atoms with Crippen LogP contribution in [-0.2, 0) is 13.0 Å². The maximum Gasteiger partial charge on any atom is 0.0812 e. The Morgan fingerprint density at radius 3 is 3.16 bits per heavy atom. The highest BCUT2D eigenvalue weighted by Crippen LogP contribution is 2.31. The van der Waals surface area contributed by atoms with Crippen LogP contribution in [0.5, 0.6) is 0 Å². The molecule has 0 spiro atoms. The molecule has 0 amide bonds. The van der Waals surface area contributed by atoms with E-state index in [1.165, 1.54) is 27.0 Å². The highest BCUT2D eigenvalue weighted by atomic mass is 32.1. The first-order valence-electron chi connectivity index (χ1n) is 6.57. The second-order valence-corrected chi connectivity index (χ2v) is 5.79. The number of aromatic nitrogens is 1. The summed E-state index contributed by atoms with van der Waals surface area (Å²) in [5.74, 6) is 0. The average molecular weight is 266 g/mol. The Hall–Kier alpha value is -1.71. The van der Waals surface area contributed by atoms with Gasteiger partial charge in [-0.3, -0.25) is 0 Å². The standard InChI is InChI=1S/C16H14N2S/c1-2-12-9-17-7-6-14(12)13(3-1)11-4-5-15-16(8-11)19-10-18-15/h1-5,8,10,17H,6-7,9H2. The number of fused-ring (bicyclic) bond motifs is 2. The SMILES string of the molecule is c1cc2c(c(-c3ccc4ncsc4c3)c1)CCNC2. The third kappa shape index (κ3) is 1.86. The third-order valence-corrected chi connectivity index (χ3v) is 4.57. The summed E-state index contributed by atoms with van der Waals surface area (Å²) in [5.41, 5.74) is 8.65. The van der Waals surface area contributed by atoms with Crippen molar-refractivity contribution in [2.75, 3.05) is 6.54 Å². The summed E-state index contributed by atoms with van der Waals surface area (Å²) in [6.45, 7) is 2.07. The number of hydrogen-bond acceptors (Lipinski definition) is 3. The molecule has 2 heterocycles. The van der Waals surface area contributed by atoms with E-state index in [0.29, 0.717) is 0 Å². The zero-order chi connectivity index (χ0) is 12.7. The van der Waals surface area contributed by atoms with E-state index in [2.05, 4.69) is 46.7 Å². The molecule has 1 aromatic heterocycles. The molecule has 0 atom stereocenters. The van der Waals surface area contributed by atoms with E-state index in [1.54, 1.807) is 11.3 Å². The first kappa shape index (κ1) is 11.1. The molecule has 3 heteroatoms. The van der Waals surface area contributed by atoms with E-state index in [0.717, 1.165) is 25.0 Å². The smallest absolute Gasteiger partial charge is 0.0812 e. The number of thiazole rings is 1. The summed E-state index contributed by atoms with van der Waals surface area (Å²) in [6.07, 6.45) is 1.12. The molecule has 0 unspecified atom stereocenters. The molecular weight excluding hydrogens is 252 g/mol. The first-order chi connectivity index (χ1) is 9.42. The highest BCUT2D eigenvalue weighted by Gasteiger charge is 2.13. The van der Waals surface area contributed by atoms with Gasteiger partial charge in [0.25, 0.3) is 0 Å². The van der Waals surface area contributed by atoms with Crippen LogP contribution in [0.15, 0.2) is 41.9 Å². The minimum atomic E-state index is 0.992. The maximum atomic E-state index is 4.35. The Kier molecular flexibility index (Phi) is 2.60. The van der Waals surface area contributed by atoms with E-state index in [9.17, 15) is 0 Å². The molecule has 2 aromatic carbocycles. The van der Waals surface area contributed by atoms with Gasteiger partial charge in [0.2, 0.25) is 0 Å². The topological polar surface area (TPSA) is 24.9 Å². The number of hydrogen-bond donors (Lipinski definition) is 1. The van der Waals surface area contributed by atoms with Crippen LogP contribution >= 0.6 is 11.3 Å². The largest absolute Gasteiger partial charge is 0.312 e. The van der Waals surface area contributed by atoms with Gasteiger partial charge in [0, 0.05) is 6.54 Å². The second kappa shape index (κ2) is 4.44. The molecule has 0 saturated carbocycles. The third-order valence-electron chi connectivity index (χ3n) is 3.78. The Morgan fingerprint density at radius 1 is 1.16 bits per heavy atom. The summed E-state index contributed by atoms with van der Waals surface area (Å²) in [4.78, 5) is 4.35. The number of nitrogens with zero attached hydrogens (tertiary/aromatic N) is 1. The van der Waals surface area contributed by atoms with Crippen LogP contribution in [0.3, 0.4) is 0 Å². The van der Waals surface area contributed by atoms with Crippen molar-refractivity contribution in [1.82, 2.24) is 10.3 Å². The van der Waals surface area contributed by atoms with Crippen molar-refractivity contribution in [2.24, 2.45) is 0 Å². The van der Waals surface area contributed by atoms with Gasteiger partial charge >= 0.3 is 0 Å². The lowest BCUT2D eigenvalue weighted by molar-refractivity contribution is 0.645. The van der Waals surface area contributed by atoms with Gasteiger partial charge in [-0.2, -0.15) is 0 Å².